The smallest absolute Gasteiger partial charge is 0.257 e. The molecule has 0 aliphatic heterocycles. The Kier molecular flexibility index (Phi) is 6.97. The molecule has 0 aliphatic carbocycles. The lowest BCUT2D eigenvalue weighted by Crippen LogP contribution is -2.37. The van der Waals surface area contributed by atoms with E-state index in [0.29, 0.717) is 11.5 Å². The zero-order valence-corrected chi connectivity index (χ0v) is 12.9. The van der Waals surface area contributed by atoms with Crippen molar-refractivity contribution in [3.8, 4) is 11.5 Å². The molecule has 0 aromatic heterocycles. The number of hydrogen-bond acceptors (Lipinski definition) is 5. The third-order valence-electron chi connectivity index (χ3n) is 2.58. The Balaban J connectivity index is 2.28. The zero-order chi connectivity index (χ0) is 15.7. The molecule has 7 nitrogen and oxygen atoms in total. The standard InChI is InChI=1S/C13H20N2O5S/c1-3-21(17,18)15-9-8-14-13(16)10-20-12-7-5-4-6-11(12)19-2/h4-7,15H,3,8-10H2,1-2H3,(H,14,16). The molecule has 0 unspecified atom stereocenters. The highest BCUT2D eigenvalue weighted by Gasteiger charge is 2.08. The SMILES string of the molecule is CCS(=O)(=O)NCCNC(=O)COc1ccccc1OC. The molecule has 8 heteroatoms. The summed E-state index contributed by atoms with van der Waals surface area (Å²) in [5.41, 5.74) is 0. The molecule has 0 aliphatic rings. The zero-order valence-electron chi connectivity index (χ0n) is 12.1. The minimum Gasteiger partial charge on any atom is -0.493 e. The molecule has 0 saturated carbocycles. The maximum atomic E-state index is 11.6. The Morgan fingerprint density at radius 1 is 1.19 bits per heavy atom. The maximum absolute atomic E-state index is 11.6. The minimum absolute atomic E-state index is 0.0118. The monoisotopic (exact) mass is 316 g/mol. The molecule has 0 atom stereocenters. The first kappa shape index (κ1) is 17.3. The van der Waals surface area contributed by atoms with Crippen molar-refractivity contribution in [3.05, 3.63) is 24.3 Å². The first-order valence-electron chi connectivity index (χ1n) is 6.48. The van der Waals surface area contributed by atoms with Gasteiger partial charge in [0, 0.05) is 13.1 Å². The van der Waals surface area contributed by atoms with Crippen LogP contribution in [0.2, 0.25) is 0 Å². The molecule has 1 aromatic carbocycles. The van der Waals surface area contributed by atoms with Gasteiger partial charge in [-0.05, 0) is 19.1 Å². The topological polar surface area (TPSA) is 93.7 Å². The van der Waals surface area contributed by atoms with Crippen molar-refractivity contribution in [2.75, 3.05) is 32.6 Å². The predicted octanol–water partition coefficient (Wildman–Crippen LogP) is 0.130. The van der Waals surface area contributed by atoms with Crippen LogP contribution < -0.4 is 19.5 Å². The molecule has 0 fully saturated rings. The molecule has 118 valence electrons. The molecule has 1 amide bonds. The average molecular weight is 316 g/mol. The summed E-state index contributed by atoms with van der Waals surface area (Å²) in [5, 5.41) is 2.56. The highest BCUT2D eigenvalue weighted by molar-refractivity contribution is 7.89. The Morgan fingerprint density at radius 2 is 1.86 bits per heavy atom. The van der Waals surface area contributed by atoms with Crippen molar-refractivity contribution in [1.29, 1.82) is 0 Å². The van der Waals surface area contributed by atoms with E-state index in [2.05, 4.69) is 10.0 Å². The molecule has 1 rings (SSSR count). The van der Waals surface area contributed by atoms with Crippen LogP contribution in [0.15, 0.2) is 24.3 Å². The summed E-state index contributed by atoms with van der Waals surface area (Å²) >= 11 is 0. The lowest BCUT2D eigenvalue weighted by Gasteiger charge is -2.10. The van der Waals surface area contributed by atoms with E-state index in [1.54, 1.807) is 31.2 Å². The van der Waals surface area contributed by atoms with E-state index in [1.165, 1.54) is 7.11 Å². The fourth-order valence-corrected chi connectivity index (χ4v) is 2.06. The Labute approximate surface area is 124 Å². The number of hydrogen-bond donors (Lipinski definition) is 2. The summed E-state index contributed by atoms with van der Waals surface area (Å²) in [6.45, 7) is 1.73. The van der Waals surface area contributed by atoms with Crippen LogP contribution in [0.4, 0.5) is 0 Å². The number of para-hydroxylation sites is 2. The first-order valence-corrected chi connectivity index (χ1v) is 8.13. The van der Waals surface area contributed by atoms with E-state index in [-0.39, 0.29) is 31.4 Å². The summed E-state index contributed by atoms with van der Waals surface area (Å²) in [6.07, 6.45) is 0. The minimum atomic E-state index is -3.23. The quantitative estimate of drug-likeness (QED) is 0.632. The van der Waals surface area contributed by atoms with Crippen LogP contribution in [0.1, 0.15) is 6.92 Å². The van der Waals surface area contributed by atoms with Crippen LogP contribution in [0.25, 0.3) is 0 Å². The van der Waals surface area contributed by atoms with Gasteiger partial charge >= 0.3 is 0 Å². The van der Waals surface area contributed by atoms with Crippen LogP contribution in [0.3, 0.4) is 0 Å². The summed E-state index contributed by atoms with van der Waals surface area (Å²) in [4.78, 5) is 11.6. The van der Waals surface area contributed by atoms with Crippen molar-refractivity contribution in [2.24, 2.45) is 0 Å². The summed E-state index contributed by atoms with van der Waals surface area (Å²) in [5.74, 6) is 0.692. The van der Waals surface area contributed by atoms with Crippen LogP contribution in [0, 0.1) is 0 Å². The molecular formula is C13H20N2O5S. The number of nitrogens with one attached hydrogen (secondary N) is 2. The number of carbonyl (C=O) groups excluding carboxylic acids is 1. The molecular weight excluding hydrogens is 296 g/mol. The third kappa shape index (κ3) is 6.46. The number of rotatable bonds is 9. The highest BCUT2D eigenvalue weighted by atomic mass is 32.2. The summed E-state index contributed by atoms with van der Waals surface area (Å²) in [7, 11) is -1.71. The van der Waals surface area contributed by atoms with Gasteiger partial charge in [-0.15, -0.1) is 0 Å². The van der Waals surface area contributed by atoms with E-state index in [0.717, 1.165) is 0 Å². The maximum Gasteiger partial charge on any atom is 0.257 e. The number of ether oxygens (including phenoxy) is 2. The lowest BCUT2D eigenvalue weighted by atomic mass is 10.3. The number of sulfonamides is 1. The Bertz CT molecular complexity index is 559. The summed E-state index contributed by atoms with van der Waals surface area (Å²) < 4.78 is 35.1. The molecule has 0 heterocycles. The normalized spacial score (nSPS) is 11.0. The Hall–Kier alpha value is -1.80. The van der Waals surface area contributed by atoms with Gasteiger partial charge in [-0.1, -0.05) is 12.1 Å². The molecule has 21 heavy (non-hydrogen) atoms. The van der Waals surface area contributed by atoms with Crippen molar-refractivity contribution >= 4 is 15.9 Å². The molecule has 0 radical (unpaired) electrons. The van der Waals surface area contributed by atoms with E-state index >= 15 is 0 Å². The van der Waals surface area contributed by atoms with Crippen LogP contribution in [0.5, 0.6) is 11.5 Å². The van der Waals surface area contributed by atoms with Gasteiger partial charge in [-0.2, -0.15) is 0 Å². The fraction of sp³-hybridized carbons (Fsp3) is 0.462. The van der Waals surface area contributed by atoms with Crippen molar-refractivity contribution < 1.29 is 22.7 Å². The van der Waals surface area contributed by atoms with E-state index < -0.39 is 10.0 Å². The van der Waals surface area contributed by atoms with Crippen molar-refractivity contribution in [1.82, 2.24) is 10.0 Å². The first-order chi connectivity index (χ1) is 9.98. The molecule has 0 bridgehead atoms. The fourth-order valence-electron chi connectivity index (χ4n) is 1.44. The van der Waals surface area contributed by atoms with Crippen LogP contribution in [-0.2, 0) is 14.8 Å². The van der Waals surface area contributed by atoms with Gasteiger partial charge in [0.1, 0.15) is 0 Å². The van der Waals surface area contributed by atoms with E-state index in [1.807, 2.05) is 0 Å². The highest BCUT2D eigenvalue weighted by Crippen LogP contribution is 2.25. The van der Waals surface area contributed by atoms with Gasteiger partial charge < -0.3 is 14.8 Å². The van der Waals surface area contributed by atoms with Gasteiger partial charge in [-0.25, -0.2) is 13.1 Å². The molecule has 0 spiro atoms. The predicted molar refractivity (Wildman–Crippen MR) is 79.0 cm³/mol. The van der Waals surface area contributed by atoms with Gasteiger partial charge in [-0.3, -0.25) is 4.79 Å². The van der Waals surface area contributed by atoms with Gasteiger partial charge in [0.25, 0.3) is 5.91 Å². The van der Waals surface area contributed by atoms with Crippen molar-refractivity contribution in [3.63, 3.8) is 0 Å². The number of carbonyl (C=O) groups is 1. The summed E-state index contributed by atoms with van der Waals surface area (Å²) in [6, 6.07) is 7.00. The van der Waals surface area contributed by atoms with Crippen molar-refractivity contribution in [2.45, 2.75) is 6.92 Å². The second-order valence-corrected chi connectivity index (χ2v) is 6.18. The van der Waals surface area contributed by atoms with Crippen LogP contribution in [-0.4, -0.2) is 46.9 Å². The largest absolute Gasteiger partial charge is 0.493 e. The van der Waals surface area contributed by atoms with E-state index in [4.69, 9.17) is 9.47 Å². The molecule has 0 saturated heterocycles. The van der Waals surface area contributed by atoms with E-state index in [9.17, 15) is 13.2 Å². The van der Waals surface area contributed by atoms with Gasteiger partial charge in [0.15, 0.2) is 18.1 Å². The Morgan fingerprint density at radius 3 is 2.48 bits per heavy atom. The number of benzene rings is 1. The van der Waals surface area contributed by atoms with Gasteiger partial charge in [0.05, 0.1) is 12.9 Å². The lowest BCUT2D eigenvalue weighted by molar-refractivity contribution is -0.123. The molecule has 2 N–H and O–H groups in total. The number of amides is 1. The molecule has 1 aromatic rings. The number of methoxy groups -OCH3 is 1. The third-order valence-corrected chi connectivity index (χ3v) is 3.98. The second kappa shape index (κ2) is 8.48. The second-order valence-electron chi connectivity index (χ2n) is 4.09. The average Bonchev–Trinajstić information content (AvgIpc) is 2.49. The van der Waals surface area contributed by atoms with Crippen LogP contribution >= 0.6 is 0 Å². The van der Waals surface area contributed by atoms with Gasteiger partial charge in [0.2, 0.25) is 10.0 Å².